The molecule has 0 N–H and O–H groups in total. The second-order valence-electron chi connectivity index (χ2n) is 6.90. The first-order chi connectivity index (χ1) is 12.6. The van der Waals surface area contributed by atoms with Crippen LogP contribution in [0.25, 0.3) is 0 Å². The van der Waals surface area contributed by atoms with E-state index in [0.717, 1.165) is 47.8 Å². The average Bonchev–Trinajstić information content (AvgIpc) is 3.07. The summed E-state index contributed by atoms with van der Waals surface area (Å²) in [6.07, 6.45) is 3.87. The molecule has 0 aliphatic carbocycles. The summed E-state index contributed by atoms with van der Waals surface area (Å²) in [5.41, 5.74) is 2.08. The number of aromatic nitrogens is 1. The van der Waals surface area contributed by atoms with Gasteiger partial charge in [0.05, 0.1) is 10.7 Å². The van der Waals surface area contributed by atoms with Gasteiger partial charge in [-0.15, -0.1) is 11.3 Å². The fourth-order valence-corrected chi connectivity index (χ4v) is 4.54. The van der Waals surface area contributed by atoms with E-state index in [0.29, 0.717) is 13.0 Å². The highest BCUT2D eigenvalue weighted by atomic mass is 32.1. The standard InChI is InChI=1S/C21H26N2O2S/c1-3-18-20(26-15(2)22-18)21(25)23-13-7-10-17(14-23)19(24)12-11-16-8-5-4-6-9-16/h4-6,8-9,17H,3,7,10-14H2,1-2H3/t17-/m1/s1. The van der Waals surface area contributed by atoms with Crippen molar-refractivity contribution in [1.82, 2.24) is 9.88 Å². The molecule has 1 fully saturated rings. The summed E-state index contributed by atoms with van der Waals surface area (Å²) >= 11 is 1.47. The van der Waals surface area contributed by atoms with Crippen molar-refractivity contribution in [1.29, 1.82) is 0 Å². The number of carbonyl (C=O) groups excluding carboxylic acids is 2. The molecule has 1 aromatic carbocycles. The summed E-state index contributed by atoms with van der Waals surface area (Å²) in [5.74, 6) is 0.297. The van der Waals surface area contributed by atoms with Gasteiger partial charge in [0.25, 0.3) is 5.91 Å². The minimum Gasteiger partial charge on any atom is -0.337 e. The maximum absolute atomic E-state index is 12.9. The van der Waals surface area contributed by atoms with Gasteiger partial charge in [0.2, 0.25) is 0 Å². The molecule has 0 bridgehead atoms. The molecule has 0 radical (unpaired) electrons. The number of hydrogen-bond donors (Lipinski definition) is 0. The Bertz CT molecular complexity index is 770. The number of ketones is 1. The van der Waals surface area contributed by atoms with Gasteiger partial charge in [-0.3, -0.25) is 9.59 Å². The Hall–Kier alpha value is -2.01. The molecule has 4 nitrogen and oxygen atoms in total. The van der Waals surface area contributed by atoms with Crippen LogP contribution in [0, 0.1) is 12.8 Å². The molecule has 138 valence electrons. The Morgan fingerprint density at radius 3 is 2.77 bits per heavy atom. The molecule has 0 spiro atoms. The predicted octanol–water partition coefficient (Wildman–Crippen LogP) is 4.07. The lowest BCUT2D eigenvalue weighted by atomic mass is 9.90. The third-order valence-corrected chi connectivity index (χ3v) is 6.00. The summed E-state index contributed by atoms with van der Waals surface area (Å²) in [4.78, 5) is 32.7. The van der Waals surface area contributed by atoms with Crippen molar-refractivity contribution in [2.45, 2.75) is 46.0 Å². The zero-order valence-electron chi connectivity index (χ0n) is 15.5. The Labute approximate surface area is 159 Å². The van der Waals surface area contributed by atoms with Crippen LogP contribution in [0.1, 0.15) is 52.1 Å². The number of rotatable bonds is 6. The summed E-state index contributed by atoms with van der Waals surface area (Å²) in [5, 5.41) is 0.928. The minimum absolute atomic E-state index is 0.0319. The molecule has 1 aromatic heterocycles. The Kier molecular flexibility index (Phi) is 6.20. The van der Waals surface area contributed by atoms with Crippen molar-refractivity contribution < 1.29 is 9.59 Å². The summed E-state index contributed by atoms with van der Waals surface area (Å²) in [6.45, 7) is 5.25. The van der Waals surface area contributed by atoms with Crippen molar-refractivity contribution in [3.8, 4) is 0 Å². The fourth-order valence-electron chi connectivity index (χ4n) is 3.56. The van der Waals surface area contributed by atoms with Crippen LogP contribution in [0.2, 0.25) is 0 Å². The van der Waals surface area contributed by atoms with Crippen molar-refractivity contribution in [2.24, 2.45) is 5.92 Å². The van der Waals surface area contributed by atoms with E-state index in [9.17, 15) is 9.59 Å². The van der Waals surface area contributed by atoms with Crippen LogP contribution in [0.5, 0.6) is 0 Å². The van der Waals surface area contributed by atoms with Crippen LogP contribution in [-0.2, 0) is 17.6 Å². The van der Waals surface area contributed by atoms with E-state index in [1.54, 1.807) is 0 Å². The number of carbonyl (C=O) groups is 2. The van der Waals surface area contributed by atoms with Gasteiger partial charge in [-0.1, -0.05) is 37.3 Å². The number of benzene rings is 1. The van der Waals surface area contributed by atoms with E-state index in [4.69, 9.17) is 0 Å². The molecule has 2 heterocycles. The monoisotopic (exact) mass is 370 g/mol. The fraction of sp³-hybridized carbons (Fsp3) is 0.476. The largest absolute Gasteiger partial charge is 0.337 e. The highest BCUT2D eigenvalue weighted by Crippen LogP contribution is 2.25. The second-order valence-corrected chi connectivity index (χ2v) is 8.11. The smallest absolute Gasteiger partial charge is 0.265 e. The van der Waals surface area contributed by atoms with Crippen LogP contribution < -0.4 is 0 Å². The lowest BCUT2D eigenvalue weighted by molar-refractivity contribution is -0.124. The predicted molar refractivity (Wildman–Crippen MR) is 105 cm³/mol. The van der Waals surface area contributed by atoms with Crippen LogP contribution in [0.4, 0.5) is 0 Å². The van der Waals surface area contributed by atoms with Gasteiger partial charge in [0, 0.05) is 25.4 Å². The normalized spacial score (nSPS) is 17.3. The van der Waals surface area contributed by atoms with Gasteiger partial charge in [-0.05, 0) is 38.2 Å². The molecule has 1 aliphatic heterocycles. The van der Waals surface area contributed by atoms with E-state index in [1.807, 2.05) is 36.9 Å². The van der Waals surface area contributed by atoms with Gasteiger partial charge in [-0.2, -0.15) is 0 Å². The Morgan fingerprint density at radius 2 is 2.04 bits per heavy atom. The molecule has 1 saturated heterocycles. The first-order valence-electron chi connectivity index (χ1n) is 9.40. The number of thiazole rings is 1. The SMILES string of the molecule is CCc1nc(C)sc1C(=O)N1CCC[C@@H](C(=O)CCc2ccccc2)C1. The average molecular weight is 371 g/mol. The van der Waals surface area contributed by atoms with E-state index < -0.39 is 0 Å². The maximum Gasteiger partial charge on any atom is 0.265 e. The number of aryl methyl sites for hydroxylation is 3. The first kappa shape index (κ1) is 18.8. The molecule has 1 amide bonds. The number of amides is 1. The zero-order valence-corrected chi connectivity index (χ0v) is 16.3. The van der Waals surface area contributed by atoms with E-state index in [1.165, 1.54) is 16.9 Å². The lowest BCUT2D eigenvalue weighted by Crippen LogP contribution is -2.42. The third kappa shape index (κ3) is 4.39. The highest BCUT2D eigenvalue weighted by molar-refractivity contribution is 7.13. The molecule has 1 atom stereocenters. The van der Waals surface area contributed by atoms with Crippen molar-refractivity contribution in [3.63, 3.8) is 0 Å². The van der Waals surface area contributed by atoms with Gasteiger partial charge in [-0.25, -0.2) is 4.98 Å². The molecular formula is C21H26N2O2S. The number of hydrogen-bond acceptors (Lipinski definition) is 4. The molecule has 1 aliphatic rings. The van der Waals surface area contributed by atoms with Crippen molar-refractivity contribution in [2.75, 3.05) is 13.1 Å². The minimum atomic E-state index is -0.0319. The topological polar surface area (TPSA) is 50.3 Å². The van der Waals surface area contributed by atoms with Gasteiger partial charge < -0.3 is 4.90 Å². The van der Waals surface area contributed by atoms with Crippen LogP contribution in [0.15, 0.2) is 30.3 Å². The number of nitrogens with zero attached hydrogens (tertiary/aromatic N) is 2. The lowest BCUT2D eigenvalue weighted by Gasteiger charge is -2.32. The van der Waals surface area contributed by atoms with E-state index in [2.05, 4.69) is 17.1 Å². The maximum atomic E-state index is 12.9. The van der Waals surface area contributed by atoms with E-state index >= 15 is 0 Å². The molecule has 26 heavy (non-hydrogen) atoms. The quantitative estimate of drug-likeness (QED) is 0.770. The second kappa shape index (κ2) is 8.58. The Morgan fingerprint density at radius 1 is 1.27 bits per heavy atom. The molecule has 3 rings (SSSR count). The van der Waals surface area contributed by atoms with Crippen LogP contribution in [0.3, 0.4) is 0 Å². The van der Waals surface area contributed by atoms with E-state index in [-0.39, 0.29) is 17.6 Å². The number of Topliss-reactive ketones (excluding diaryl/α,β-unsaturated/α-hetero) is 1. The molecule has 5 heteroatoms. The molecule has 0 unspecified atom stereocenters. The van der Waals surface area contributed by atoms with Gasteiger partial charge >= 0.3 is 0 Å². The van der Waals surface area contributed by atoms with Gasteiger partial charge in [0.15, 0.2) is 0 Å². The number of likely N-dealkylation sites (tertiary alicyclic amines) is 1. The summed E-state index contributed by atoms with van der Waals surface area (Å²) in [6, 6.07) is 10.1. The molecule has 0 saturated carbocycles. The molecular weight excluding hydrogens is 344 g/mol. The highest BCUT2D eigenvalue weighted by Gasteiger charge is 2.30. The Balaban J connectivity index is 1.61. The van der Waals surface area contributed by atoms with Crippen molar-refractivity contribution >= 4 is 23.0 Å². The first-order valence-corrected chi connectivity index (χ1v) is 10.2. The zero-order chi connectivity index (χ0) is 18.5. The van der Waals surface area contributed by atoms with Crippen LogP contribution >= 0.6 is 11.3 Å². The van der Waals surface area contributed by atoms with Crippen molar-refractivity contribution in [3.05, 3.63) is 51.5 Å². The molecule has 2 aromatic rings. The summed E-state index contributed by atoms with van der Waals surface area (Å²) in [7, 11) is 0. The third-order valence-electron chi connectivity index (χ3n) is 5.00. The van der Waals surface area contributed by atoms with Gasteiger partial charge in [0.1, 0.15) is 10.7 Å². The summed E-state index contributed by atoms with van der Waals surface area (Å²) < 4.78 is 0. The van der Waals surface area contributed by atoms with Crippen LogP contribution in [-0.4, -0.2) is 34.7 Å². The number of piperidine rings is 1.